The largest absolute Gasteiger partial charge is 0.144 e. The van der Waals surface area contributed by atoms with Crippen molar-refractivity contribution in [2.45, 2.75) is 52.4 Å². The Morgan fingerprint density at radius 2 is 1.47 bits per heavy atom. The van der Waals surface area contributed by atoms with E-state index in [2.05, 4.69) is 49.6 Å². The number of rotatable bonds is 5. The molecule has 0 N–H and O–H groups in total. The van der Waals surface area contributed by atoms with Crippen molar-refractivity contribution in [2.24, 2.45) is 0 Å². The van der Waals surface area contributed by atoms with Crippen LogP contribution in [0.25, 0.3) is 10.1 Å². The van der Waals surface area contributed by atoms with E-state index in [4.69, 9.17) is 0 Å². The maximum atomic E-state index is 2.26. The molecule has 0 saturated carbocycles. The molecule has 94 valence electrons. The number of thiophene rings is 1. The van der Waals surface area contributed by atoms with Crippen LogP contribution in [0.3, 0.4) is 0 Å². The van der Waals surface area contributed by atoms with Gasteiger partial charge in [-0.25, -0.2) is 0 Å². The lowest BCUT2D eigenvalue weighted by atomic mass is 10.1. The fraction of sp³-hybridized carbons (Fsp3) is 0.500. The van der Waals surface area contributed by atoms with Crippen LogP contribution in [0.15, 0.2) is 35.7 Å². The van der Waals surface area contributed by atoms with Gasteiger partial charge in [-0.1, -0.05) is 70.6 Å². The molecule has 17 heavy (non-hydrogen) atoms. The van der Waals surface area contributed by atoms with Crippen molar-refractivity contribution >= 4 is 21.4 Å². The van der Waals surface area contributed by atoms with Crippen molar-refractivity contribution in [1.29, 1.82) is 0 Å². The summed E-state index contributed by atoms with van der Waals surface area (Å²) in [4.78, 5) is 0. The zero-order valence-corrected chi connectivity index (χ0v) is 11.9. The van der Waals surface area contributed by atoms with Crippen LogP contribution in [-0.2, 0) is 0 Å². The molecular weight excluding hydrogens is 224 g/mol. The second kappa shape index (κ2) is 9.23. The summed E-state index contributed by atoms with van der Waals surface area (Å²) in [5.41, 5.74) is 0. The van der Waals surface area contributed by atoms with E-state index < -0.39 is 0 Å². The van der Waals surface area contributed by atoms with Gasteiger partial charge in [0.05, 0.1) is 0 Å². The summed E-state index contributed by atoms with van der Waals surface area (Å²) in [5.74, 6) is 0. The first-order chi connectivity index (χ1) is 8.38. The van der Waals surface area contributed by atoms with Gasteiger partial charge in [-0.3, -0.25) is 0 Å². The van der Waals surface area contributed by atoms with Crippen molar-refractivity contribution < 1.29 is 0 Å². The highest BCUT2D eigenvalue weighted by Crippen LogP contribution is 2.18. The van der Waals surface area contributed by atoms with Crippen LogP contribution in [0.4, 0.5) is 0 Å². The summed E-state index contributed by atoms with van der Waals surface area (Å²) >= 11 is 1.79. The van der Waals surface area contributed by atoms with Crippen LogP contribution in [0.5, 0.6) is 0 Å². The molecule has 0 saturated heterocycles. The molecule has 2 rings (SSSR count). The van der Waals surface area contributed by atoms with E-state index in [0.29, 0.717) is 0 Å². The molecule has 1 aromatic carbocycles. The molecule has 1 heteroatoms. The molecule has 0 aliphatic heterocycles. The molecule has 0 bridgehead atoms. The van der Waals surface area contributed by atoms with Crippen LogP contribution in [-0.4, -0.2) is 0 Å². The fourth-order valence-electron chi connectivity index (χ4n) is 1.76. The van der Waals surface area contributed by atoms with E-state index in [-0.39, 0.29) is 0 Å². The van der Waals surface area contributed by atoms with Crippen molar-refractivity contribution in [3.8, 4) is 0 Å². The first-order valence-corrected chi connectivity index (χ1v) is 7.68. The van der Waals surface area contributed by atoms with Crippen LogP contribution in [0.1, 0.15) is 52.4 Å². The van der Waals surface area contributed by atoms with Crippen molar-refractivity contribution in [3.63, 3.8) is 0 Å². The Morgan fingerprint density at radius 1 is 0.824 bits per heavy atom. The quantitative estimate of drug-likeness (QED) is 0.547. The van der Waals surface area contributed by atoms with Crippen LogP contribution < -0.4 is 0 Å². The Bertz CT molecular complexity index is 353. The fourth-order valence-corrected chi connectivity index (χ4v) is 2.55. The predicted molar refractivity (Wildman–Crippen MR) is 80.9 cm³/mol. The Kier molecular flexibility index (Phi) is 7.74. The van der Waals surface area contributed by atoms with Gasteiger partial charge in [0.15, 0.2) is 0 Å². The molecule has 0 nitrogen and oxygen atoms in total. The maximum absolute atomic E-state index is 2.26. The summed E-state index contributed by atoms with van der Waals surface area (Å²) in [6.45, 7) is 4.51. The predicted octanol–water partition coefficient (Wildman–Crippen LogP) is 6.27. The lowest BCUT2D eigenvalue weighted by Gasteiger charge is -1.93. The maximum Gasteiger partial charge on any atom is 0.0342 e. The van der Waals surface area contributed by atoms with Gasteiger partial charge in [0.2, 0.25) is 0 Å². The molecule has 0 spiro atoms. The third-order valence-electron chi connectivity index (χ3n) is 2.82. The molecule has 0 radical (unpaired) electrons. The van der Waals surface area contributed by atoms with Gasteiger partial charge in [-0.2, -0.15) is 0 Å². The van der Waals surface area contributed by atoms with Crippen molar-refractivity contribution in [3.05, 3.63) is 35.7 Å². The van der Waals surface area contributed by atoms with E-state index in [9.17, 15) is 0 Å². The average molecular weight is 248 g/mol. The molecule has 2 aromatic rings. The van der Waals surface area contributed by atoms with Gasteiger partial charge in [0.25, 0.3) is 0 Å². The van der Waals surface area contributed by atoms with Gasteiger partial charge in [0.1, 0.15) is 0 Å². The van der Waals surface area contributed by atoms with Gasteiger partial charge < -0.3 is 0 Å². The summed E-state index contributed by atoms with van der Waals surface area (Å²) in [6.07, 6.45) is 8.49. The van der Waals surface area contributed by atoms with E-state index >= 15 is 0 Å². The minimum atomic E-state index is 1.35. The summed E-state index contributed by atoms with van der Waals surface area (Å²) < 4.78 is 1.37. The summed E-state index contributed by atoms with van der Waals surface area (Å²) in [5, 5.41) is 3.47. The lowest BCUT2D eigenvalue weighted by Crippen LogP contribution is -1.73. The number of benzene rings is 1. The Hall–Kier alpha value is -0.820. The highest BCUT2D eigenvalue weighted by molar-refractivity contribution is 7.17. The molecule has 0 unspecified atom stereocenters. The highest BCUT2D eigenvalue weighted by Gasteiger charge is 1.87. The monoisotopic (exact) mass is 248 g/mol. The average Bonchev–Trinajstić information content (AvgIpc) is 2.84. The molecule has 0 fully saturated rings. The number of unbranched alkanes of at least 4 members (excludes halogenated alkanes) is 5. The van der Waals surface area contributed by atoms with Crippen LogP contribution >= 0.6 is 11.3 Å². The van der Waals surface area contributed by atoms with E-state index in [1.807, 2.05) is 0 Å². The van der Waals surface area contributed by atoms with E-state index in [1.54, 1.807) is 11.3 Å². The summed E-state index contributed by atoms with van der Waals surface area (Å²) in [7, 11) is 0. The van der Waals surface area contributed by atoms with E-state index in [0.717, 1.165) is 0 Å². The van der Waals surface area contributed by atoms with Gasteiger partial charge in [-0.05, 0) is 22.9 Å². The minimum Gasteiger partial charge on any atom is -0.144 e. The Labute approximate surface area is 110 Å². The molecular formula is C16H24S. The van der Waals surface area contributed by atoms with Crippen LogP contribution in [0.2, 0.25) is 0 Å². The number of fused-ring (bicyclic) bond motifs is 1. The lowest BCUT2D eigenvalue weighted by molar-refractivity contribution is 0.624. The highest BCUT2D eigenvalue weighted by atomic mass is 32.1. The van der Waals surface area contributed by atoms with Crippen molar-refractivity contribution in [1.82, 2.24) is 0 Å². The van der Waals surface area contributed by atoms with Gasteiger partial charge >= 0.3 is 0 Å². The SMILES string of the molecule is CCCCCCCC.c1ccc2sccc2c1. The number of hydrogen-bond acceptors (Lipinski definition) is 1. The topological polar surface area (TPSA) is 0 Å². The molecule has 1 heterocycles. The first-order valence-electron chi connectivity index (χ1n) is 6.80. The molecule has 1 aromatic heterocycles. The van der Waals surface area contributed by atoms with Gasteiger partial charge in [-0.15, -0.1) is 11.3 Å². The first kappa shape index (κ1) is 14.2. The molecule has 0 atom stereocenters. The van der Waals surface area contributed by atoms with Crippen LogP contribution in [0, 0.1) is 0 Å². The zero-order valence-electron chi connectivity index (χ0n) is 11.1. The van der Waals surface area contributed by atoms with Gasteiger partial charge in [0, 0.05) is 4.70 Å². The number of hydrogen-bond donors (Lipinski definition) is 0. The normalized spacial score (nSPS) is 10.0. The minimum absolute atomic E-state index is 1.35. The second-order valence-corrected chi connectivity index (χ2v) is 5.32. The van der Waals surface area contributed by atoms with Crippen molar-refractivity contribution in [2.75, 3.05) is 0 Å². The Morgan fingerprint density at radius 3 is 2.06 bits per heavy atom. The van der Waals surface area contributed by atoms with E-state index in [1.165, 1.54) is 48.6 Å². The third-order valence-corrected chi connectivity index (χ3v) is 3.72. The standard InChI is InChI=1S/C8H6S.C8H18/c1-2-4-8-7(3-1)5-6-9-8;1-3-5-7-8-6-4-2/h1-6H;3-8H2,1-2H3. The molecule has 0 aliphatic rings. The Balaban J connectivity index is 0.000000172. The molecule has 0 amide bonds. The summed E-state index contributed by atoms with van der Waals surface area (Å²) in [6, 6.07) is 10.5. The zero-order chi connectivity index (χ0) is 12.3. The smallest absolute Gasteiger partial charge is 0.0342 e. The second-order valence-electron chi connectivity index (χ2n) is 4.37. The molecule has 0 aliphatic carbocycles. The third kappa shape index (κ3) is 5.88.